The molecule has 0 unspecified atom stereocenters. The van der Waals surface area contributed by atoms with E-state index in [1.165, 1.54) is 0 Å². The van der Waals surface area contributed by atoms with Crippen LogP contribution in [0.3, 0.4) is 0 Å². The highest BCUT2D eigenvalue weighted by Crippen LogP contribution is 2.11. The third kappa shape index (κ3) is 3.66. The second-order valence-electron chi connectivity index (χ2n) is 4.08. The third-order valence-corrected chi connectivity index (χ3v) is 4.15. The molecule has 0 saturated carbocycles. The minimum Gasteiger partial charge on any atom is -0.469 e. The number of furan rings is 1. The van der Waals surface area contributed by atoms with Gasteiger partial charge in [-0.3, -0.25) is 0 Å². The van der Waals surface area contributed by atoms with Crippen LogP contribution in [0.15, 0.2) is 52.0 Å². The van der Waals surface area contributed by atoms with Gasteiger partial charge in [0.25, 0.3) is 0 Å². The molecule has 0 aliphatic heterocycles. The lowest BCUT2D eigenvalue weighted by molar-refractivity contribution is 0.506. The largest absolute Gasteiger partial charge is 0.469 e. The highest BCUT2D eigenvalue weighted by molar-refractivity contribution is 7.89. The zero-order chi connectivity index (χ0) is 13.7. The van der Waals surface area contributed by atoms with Crippen molar-refractivity contribution in [2.45, 2.75) is 17.9 Å². The zero-order valence-electron chi connectivity index (χ0n) is 10.4. The Bertz CT molecular complexity index is 621. The molecule has 2 rings (SSSR count). The molecule has 0 amide bonds. The standard InChI is InChI=1S/C13H16N2O3S/c14-10-11-3-1-5-13(9-11)19(16,17)15-7-6-12-4-2-8-18-12/h1-5,8-9,15H,6-7,10,14H2. The van der Waals surface area contributed by atoms with E-state index in [9.17, 15) is 8.42 Å². The smallest absolute Gasteiger partial charge is 0.240 e. The van der Waals surface area contributed by atoms with Crippen LogP contribution in [-0.4, -0.2) is 15.0 Å². The summed E-state index contributed by atoms with van der Waals surface area (Å²) in [6.45, 7) is 0.610. The van der Waals surface area contributed by atoms with Crippen LogP contribution in [0.25, 0.3) is 0 Å². The Labute approximate surface area is 112 Å². The van der Waals surface area contributed by atoms with Crippen molar-refractivity contribution < 1.29 is 12.8 Å². The predicted molar refractivity (Wildman–Crippen MR) is 71.9 cm³/mol. The second kappa shape index (κ2) is 6.01. The first-order chi connectivity index (χ1) is 9.12. The molecule has 6 heteroatoms. The van der Waals surface area contributed by atoms with E-state index in [2.05, 4.69) is 4.72 Å². The number of nitrogens with two attached hydrogens (primary N) is 1. The topological polar surface area (TPSA) is 85.3 Å². The molecule has 0 bridgehead atoms. The molecule has 1 heterocycles. The summed E-state index contributed by atoms with van der Waals surface area (Å²) in [6, 6.07) is 10.2. The average Bonchev–Trinajstić information content (AvgIpc) is 2.92. The number of hydrogen-bond acceptors (Lipinski definition) is 4. The monoisotopic (exact) mass is 280 g/mol. The van der Waals surface area contributed by atoms with Gasteiger partial charge in [-0.15, -0.1) is 0 Å². The van der Waals surface area contributed by atoms with E-state index in [1.807, 2.05) is 6.07 Å². The van der Waals surface area contributed by atoms with Crippen LogP contribution in [0.1, 0.15) is 11.3 Å². The van der Waals surface area contributed by atoms with Crippen molar-refractivity contribution in [3.8, 4) is 0 Å². The van der Waals surface area contributed by atoms with Crippen LogP contribution >= 0.6 is 0 Å². The van der Waals surface area contributed by atoms with Crippen LogP contribution in [0.5, 0.6) is 0 Å². The van der Waals surface area contributed by atoms with Crippen LogP contribution < -0.4 is 10.5 Å². The van der Waals surface area contributed by atoms with Crippen molar-refractivity contribution in [1.29, 1.82) is 0 Å². The third-order valence-electron chi connectivity index (χ3n) is 2.69. The molecule has 1 aromatic carbocycles. The lowest BCUT2D eigenvalue weighted by Gasteiger charge is -2.07. The van der Waals surface area contributed by atoms with Crippen molar-refractivity contribution in [1.82, 2.24) is 4.72 Å². The fourth-order valence-electron chi connectivity index (χ4n) is 1.69. The van der Waals surface area contributed by atoms with Gasteiger partial charge in [0.2, 0.25) is 10.0 Å². The molecule has 0 aliphatic rings. The minimum atomic E-state index is -3.49. The van der Waals surface area contributed by atoms with Crippen LogP contribution in [0.4, 0.5) is 0 Å². The van der Waals surface area contributed by atoms with E-state index in [0.717, 1.165) is 11.3 Å². The normalized spacial score (nSPS) is 11.6. The average molecular weight is 280 g/mol. The Kier molecular flexibility index (Phi) is 4.36. The first-order valence-corrected chi connectivity index (χ1v) is 7.41. The van der Waals surface area contributed by atoms with Gasteiger partial charge in [0.1, 0.15) is 5.76 Å². The molecule has 0 fully saturated rings. The number of sulfonamides is 1. The molecule has 3 N–H and O–H groups in total. The highest BCUT2D eigenvalue weighted by atomic mass is 32.2. The van der Waals surface area contributed by atoms with E-state index in [4.69, 9.17) is 10.2 Å². The Balaban J connectivity index is 2.01. The Hall–Kier alpha value is -1.63. The molecular formula is C13H16N2O3S. The number of nitrogens with one attached hydrogen (secondary N) is 1. The SMILES string of the molecule is NCc1cccc(S(=O)(=O)NCCc2ccco2)c1. The van der Waals surface area contributed by atoms with Gasteiger partial charge in [-0.25, -0.2) is 13.1 Å². The number of rotatable bonds is 6. The first kappa shape index (κ1) is 13.8. The maximum absolute atomic E-state index is 12.0. The molecule has 0 atom stereocenters. The zero-order valence-corrected chi connectivity index (χ0v) is 11.2. The quantitative estimate of drug-likeness (QED) is 0.834. The van der Waals surface area contributed by atoms with E-state index in [1.54, 1.807) is 36.6 Å². The van der Waals surface area contributed by atoms with Gasteiger partial charge in [0, 0.05) is 19.5 Å². The molecule has 0 spiro atoms. The Morgan fingerprint density at radius 3 is 2.74 bits per heavy atom. The number of benzene rings is 1. The summed E-state index contributed by atoms with van der Waals surface area (Å²) in [5.74, 6) is 0.749. The van der Waals surface area contributed by atoms with Gasteiger partial charge >= 0.3 is 0 Å². The summed E-state index contributed by atoms with van der Waals surface area (Å²) in [4.78, 5) is 0.231. The van der Waals surface area contributed by atoms with Gasteiger partial charge in [-0.1, -0.05) is 12.1 Å². The van der Waals surface area contributed by atoms with Crippen molar-refractivity contribution >= 4 is 10.0 Å². The molecule has 0 radical (unpaired) electrons. The molecule has 2 aromatic rings. The second-order valence-corrected chi connectivity index (χ2v) is 5.85. The van der Waals surface area contributed by atoms with E-state index < -0.39 is 10.0 Å². The molecule has 0 aliphatic carbocycles. The number of hydrogen-bond donors (Lipinski definition) is 2. The highest BCUT2D eigenvalue weighted by Gasteiger charge is 2.13. The van der Waals surface area contributed by atoms with Crippen LogP contribution in [-0.2, 0) is 23.0 Å². The minimum absolute atomic E-state index is 0.231. The summed E-state index contributed by atoms with van der Waals surface area (Å²) in [5, 5.41) is 0. The van der Waals surface area contributed by atoms with Gasteiger partial charge in [0.15, 0.2) is 0 Å². The molecule has 19 heavy (non-hydrogen) atoms. The van der Waals surface area contributed by atoms with E-state index in [0.29, 0.717) is 19.5 Å². The van der Waals surface area contributed by atoms with Crippen molar-refractivity contribution in [2.75, 3.05) is 6.54 Å². The summed E-state index contributed by atoms with van der Waals surface area (Å²) in [6.07, 6.45) is 2.08. The van der Waals surface area contributed by atoms with Crippen molar-refractivity contribution in [2.24, 2.45) is 5.73 Å². The summed E-state index contributed by atoms with van der Waals surface area (Å²) in [7, 11) is -3.49. The van der Waals surface area contributed by atoms with Gasteiger partial charge in [-0.2, -0.15) is 0 Å². The van der Waals surface area contributed by atoms with Crippen LogP contribution in [0, 0.1) is 0 Å². The molecule has 0 saturated heterocycles. The van der Waals surface area contributed by atoms with Gasteiger partial charge < -0.3 is 10.2 Å². The fourth-order valence-corrected chi connectivity index (χ4v) is 2.79. The van der Waals surface area contributed by atoms with Crippen molar-refractivity contribution in [3.63, 3.8) is 0 Å². The Morgan fingerprint density at radius 2 is 2.05 bits per heavy atom. The van der Waals surface area contributed by atoms with Gasteiger partial charge in [0.05, 0.1) is 11.2 Å². The lowest BCUT2D eigenvalue weighted by Crippen LogP contribution is -2.26. The Morgan fingerprint density at radius 1 is 1.21 bits per heavy atom. The summed E-state index contributed by atoms with van der Waals surface area (Å²) >= 11 is 0. The van der Waals surface area contributed by atoms with Gasteiger partial charge in [-0.05, 0) is 29.8 Å². The maximum atomic E-state index is 12.0. The molecule has 5 nitrogen and oxygen atoms in total. The van der Waals surface area contributed by atoms with E-state index in [-0.39, 0.29) is 4.90 Å². The first-order valence-electron chi connectivity index (χ1n) is 5.93. The lowest BCUT2D eigenvalue weighted by atomic mass is 10.2. The predicted octanol–water partition coefficient (Wildman–Crippen LogP) is 1.26. The molecule has 102 valence electrons. The van der Waals surface area contributed by atoms with Crippen LogP contribution in [0.2, 0.25) is 0 Å². The maximum Gasteiger partial charge on any atom is 0.240 e. The summed E-state index contributed by atoms with van der Waals surface area (Å²) in [5.41, 5.74) is 6.28. The fraction of sp³-hybridized carbons (Fsp3) is 0.231. The molecule has 1 aromatic heterocycles. The summed E-state index contributed by atoms with van der Waals surface area (Å²) < 4.78 is 31.8. The van der Waals surface area contributed by atoms with E-state index >= 15 is 0 Å². The molecular weight excluding hydrogens is 264 g/mol. The van der Waals surface area contributed by atoms with Crippen molar-refractivity contribution in [3.05, 3.63) is 54.0 Å².